The van der Waals surface area contributed by atoms with Crippen LogP contribution in [0.4, 0.5) is 22.0 Å². The number of halogens is 5. The standard InChI is InChI=1S/C6H7F5O3/c1-3(12)2-14-5(13,4(3,7)8)6(9,10)11/h12-13H,2H2,1H3. The van der Waals surface area contributed by atoms with Crippen molar-refractivity contribution in [3.05, 3.63) is 0 Å². The topological polar surface area (TPSA) is 49.7 Å². The summed E-state index contributed by atoms with van der Waals surface area (Å²) in [7, 11) is 0. The number of alkyl halides is 5. The normalized spacial score (nSPS) is 42.9. The molecule has 3 nitrogen and oxygen atoms in total. The van der Waals surface area contributed by atoms with E-state index < -0.39 is 30.1 Å². The second-order valence-corrected chi connectivity index (χ2v) is 3.28. The van der Waals surface area contributed by atoms with Crippen LogP contribution in [0, 0.1) is 0 Å². The summed E-state index contributed by atoms with van der Waals surface area (Å²) in [4.78, 5) is 0. The van der Waals surface area contributed by atoms with E-state index in [9.17, 15) is 22.0 Å². The summed E-state index contributed by atoms with van der Waals surface area (Å²) in [5, 5.41) is 17.5. The van der Waals surface area contributed by atoms with E-state index in [1.807, 2.05) is 0 Å². The lowest BCUT2D eigenvalue weighted by Gasteiger charge is -2.33. The molecule has 0 aliphatic carbocycles. The summed E-state index contributed by atoms with van der Waals surface area (Å²) < 4.78 is 65.5. The Bertz CT molecular complexity index is 248. The van der Waals surface area contributed by atoms with E-state index in [0.29, 0.717) is 6.92 Å². The summed E-state index contributed by atoms with van der Waals surface area (Å²) in [6.07, 6.45) is -5.67. The molecular formula is C6H7F5O3. The second kappa shape index (κ2) is 2.56. The van der Waals surface area contributed by atoms with Crippen molar-refractivity contribution in [1.29, 1.82) is 0 Å². The fourth-order valence-electron chi connectivity index (χ4n) is 1.05. The van der Waals surface area contributed by atoms with Crippen molar-refractivity contribution in [3.63, 3.8) is 0 Å². The van der Waals surface area contributed by atoms with Gasteiger partial charge in [0.15, 0.2) is 5.60 Å². The molecule has 1 heterocycles. The third kappa shape index (κ3) is 1.14. The smallest absolute Gasteiger partial charge is 0.381 e. The molecular weight excluding hydrogens is 215 g/mol. The minimum atomic E-state index is -5.67. The third-order valence-corrected chi connectivity index (χ3v) is 2.05. The Labute approximate surface area is 75.1 Å². The highest BCUT2D eigenvalue weighted by molar-refractivity contribution is 5.08. The second-order valence-electron chi connectivity index (χ2n) is 3.28. The van der Waals surface area contributed by atoms with Crippen LogP contribution in [0.3, 0.4) is 0 Å². The predicted octanol–water partition coefficient (Wildman–Crippen LogP) is 0.654. The van der Waals surface area contributed by atoms with Gasteiger partial charge in [0.2, 0.25) is 0 Å². The van der Waals surface area contributed by atoms with Crippen LogP contribution >= 0.6 is 0 Å². The zero-order chi connectivity index (χ0) is 11.4. The van der Waals surface area contributed by atoms with Crippen LogP contribution in [-0.2, 0) is 4.74 Å². The first kappa shape index (κ1) is 11.6. The summed E-state index contributed by atoms with van der Waals surface area (Å²) in [5.74, 6) is -9.43. The molecule has 0 bridgehead atoms. The van der Waals surface area contributed by atoms with Crippen molar-refractivity contribution in [2.45, 2.75) is 30.4 Å². The summed E-state index contributed by atoms with van der Waals surface area (Å²) >= 11 is 0. The van der Waals surface area contributed by atoms with Crippen molar-refractivity contribution in [1.82, 2.24) is 0 Å². The fraction of sp³-hybridized carbons (Fsp3) is 1.00. The van der Waals surface area contributed by atoms with Gasteiger partial charge in [-0.15, -0.1) is 0 Å². The Kier molecular flexibility index (Phi) is 2.12. The van der Waals surface area contributed by atoms with E-state index >= 15 is 0 Å². The molecule has 84 valence electrons. The first-order chi connectivity index (χ1) is 5.96. The molecule has 0 radical (unpaired) electrons. The Hall–Kier alpha value is -0.470. The van der Waals surface area contributed by atoms with Crippen molar-refractivity contribution < 1.29 is 36.9 Å². The quantitative estimate of drug-likeness (QED) is 0.592. The Morgan fingerprint density at radius 2 is 1.64 bits per heavy atom. The minimum Gasteiger partial charge on any atom is -0.381 e. The Morgan fingerprint density at radius 3 is 1.79 bits per heavy atom. The van der Waals surface area contributed by atoms with Gasteiger partial charge in [-0.25, -0.2) is 0 Å². The lowest BCUT2D eigenvalue weighted by Crippen LogP contribution is -2.62. The van der Waals surface area contributed by atoms with Crippen molar-refractivity contribution in [2.24, 2.45) is 0 Å². The van der Waals surface area contributed by atoms with Gasteiger partial charge in [0.1, 0.15) is 0 Å². The first-order valence-electron chi connectivity index (χ1n) is 3.49. The van der Waals surface area contributed by atoms with Crippen LogP contribution in [0.1, 0.15) is 6.92 Å². The summed E-state index contributed by atoms with van der Waals surface area (Å²) in [6, 6.07) is 0. The zero-order valence-corrected chi connectivity index (χ0v) is 6.90. The van der Waals surface area contributed by atoms with Crippen molar-refractivity contribution in [2.75, 3.05) is 6.61 Å². The van der Waals surface area contributed by atoms with Gasteiger partial charge in [0.25, 0.3) is 0 Å². The molecule has 0 aromatic heterocycles. The lowest BCUT2D eigenvalue weighted by atomic mass is 9.95. The average Bonchev–Trinajstić information content (AvgIpc) is 2.10. The van der Waals surface area contributed by atoms with Gasteiger partial charge in [0, 0.05) is 0 Å². The first-order valence-corrected chi connectivity index (χ1v) is 3.49. The van der Waals surface area contributed by atoms with Gasteiger partial charge in [0.05, 0.1) is 6.61 Å². The van der Waals surface area contributed by atoms with Gasteiger partial charge in [-0.2, -0.15) is 22.0 Å². The number of ether oxygens (including phenoxy) is 1. The average molecular weight is 222 g/mol. The summed E-state index contributed by atoms with van der Waals surface area (Å²) in [5.41, 5.74) is -3.04. The van der Waals surface area contributed by atoms with Gasteiger partial charge in [-0.05, 0) is 6.92 Å². The highest BCUT2D eigenvalue weighted by Crippen LogP contribution is 2.52. The monoisotopic (exact) mass is 222 g/mol. The highest BCUT2D eigenvalue weighted by atomic mass is 19.4. The zero-order valence-electron chi connectivity index (χ0n) is 6.90. The van der Waals surface area contributed by atoms with Gasteiger partial charge in [-0.1, -0.05) is 0 Å². The number of rotatable bonds is 0. The molecule has 1 fully saturated rings. The minimum absolute atomic E-state index is 0.455. The molecule has 8 heteroatoms. The molecule has 0 saturated carbocycles. The molecule has 1 saturated heterocycles. The maximum absolute atomic E-state index is 12.9. The molecule has 1 aliphatic rings. The van der Waals surface area contributed by atoms with Gasteiger partial charge >= 0.3 is 17.9 Å². The molecule has 1 rings (SSSR count). The molecule has 0 spiro atoms. The predicted molar refractivity (Wildman–Crippen MR) is 32.5 cm³/mol. The van der Waals surface area contributed by atoms with Crippen LogP contribution in [0.5, 0.6) is 0 Å². The summed E-state index contributed by atoms with van der Waals surface area (Å²) in [6.45, 7) is -0.841. The number of hydrogen-bond acceptors (Lipinski definition) is 3. The molecule has 2 unspecified atom stereocenters. The number of hydrogen-bond donors (Lipinski definition) is 2. The van der Waals surface area contributed by atoms with Gasteiger partial charge < -0.3 is 14.9 Å². The molecule has 0 amide bonds. The molecule has 0 aromatic rings. The van der Waals surface area contributed by atoms with Crippen LogP contribution < -0.4 is 0 Å². The molecule has 2 N–H and O–H groups in total. The largest absolute Gasteiger partial charge is 0.449 e. The maximum atomic E-state index is 12.9. The third-order valence-electron chi connectivity index (χ3n) is 2.05. The van der Waals surface area contributed by atoms with E-state index in [2.05, 4.69) is 4.74 Å². The number of aliphatic hydroxyl groups is 2. The van der Waals surface area contributed by atoms with E-state index in [-0.39, 0.29) is 0 Å². The van der Waals surface area contributed by atoms with Crippen molar-refractivity contribution in [3.8, 4) is 0 Å². The SMILES string of the molecule is CC1(O)COC(O)(C(F)(F)F)C1(F)F. The lowest BCUT2D eigenvalue weighted by molar-refractivity contribution is -0.409. The molecule has 2 atom stereocenters. The Morgan fingerprint density at radius 1 is 1.21 bits per heavy atom. The fourth-order valence-corrected chi connectivity index (χ4v) is 1.05. The van der Waals surface area contributed by atoms with E-state index in [4.69, 9.17) is 10.2 Å². The van der Waals surface area contributed by atoms with Gasteiger partial charge in [-0.3, -0.25) is 0 Å². The van der Waals surface area contributed by atoms with E-state index in [0.717, 1.165) is 0 Å². The van der Waals surface area contributed by atoms with Crippen LogP contribution in [0.15, 0.2) is 0 Å². The molecule has 0 aromatic carbocycles. The highest BCUT2D eigenvalue weighted by Gasteiger charge is 2.81. The van der Waals surface area contributed by atoms with E-state index in [1.54, 1.807) is 0 Å². The van der Waals surface area contributed by atoms with Crippen LogP contribution in [-0.4, -0.2) is 40.3 Å². The van der Waals surface area contributed by atoms with Crippen molar-refractivity contribution >= 4 is 0 Å². The molecule has 14 heavy (non-hydrogen) atoms. The maximum Gasteiger partial charge on any atom is 0.449 e. The van der Waals surface area contributed by atoms with Crippen LogP contribution in [0.25, 0.3) is 0 Å². The van der Waals surface area contributed by atoms with Crippen LogP contribution in [0.2, 0.25) is 0 Å². The van der Waals surface area contributed by atoms with E-state index in [1.165, 1.54) is 0 Å². The molecule has 1 aliphatic heterocycles. The Balaban J connectivity index is 3.18.